The fraction of sp³-hybridized carbons (Fsp3) is 0.261. The van der Waals surface area contributed by atoms with Crippen LogP contribution in [0.2, 0.25) is 0 Å². The van der Waals surface area contributed by atoms with Crippen molar-refractivity contribution in [3.63, 3.8) is 0 Å². The van der Waals surface area contributed by atoms with Crippen molar-refractivity contribution in [1.29, 1.82) is 0 Å². The predicted molar refractivity (Wildman–Crippen MR) is 122 cm³/mol. The standard InChI is InChI=1S/C23H23N3O5S/c1-2-3-6-13-31-22(30)15-9-11-16(12-10-15)24-23(32)25-19(27)14-26-20(28)17-7-4-5-8-18(17)21(26)29/h4-5,7-12H,2-3,6,13-14H2,1H3,(H2,24,25,27,32). The maximum atomic E-state index is 12.3. The zero-order chi connectivity index (χ0) is 23.1. The van der Waals surface area contributed by atoms with E-state index in [0.717, 1.165) is 24.2 Å². The molecular formula is C23H23N3O5S. The number of esters is 1. The lowest BCUT2D eigenvalue weighted by Crippen LogP contribution is -2.43. The third kappa shape index (κ3) is 5.55. The SMILES string of the molecule is CCCCCOC(=O)c1ccc(NC(=S)NC(=O)CN2C(=O)c3ccccc3C2=O)cc1. The van der Waals surface area contributed by atoms with Gasteiger partial charge in [0.25, 0.3) is 11.8 Å². The molecule has 0 aromatic heterocycles. The van der Waals surface area contributed by atoms with Crippen molar-refractivity contribution in [3.8, 4) is 0 Å². The number of nitrogens with zero attached hydrogens (tertiary/aromatic N) is 1. The molecule has 166 valence electrons. The van der Waals surface area contributed by atoms with Crippen LogP contribution in [0.1, 0.15) is 57.3 Å². The highest BCUT2D eigenvalue weighted by atomic mass is 32.1. The molecule has 0 unspecified atom stereocenters. The Balaban J connectivity index is 1.48. The Bertz CT molecular complexity index is 1020. The molecule has 1 heterocycles. The van der Waals surface area contributed by atoms with E-state index >= 15 is 0 Å². The molecular weight excluding hydrogens is 430 g/mol. The molecule has 1 aliphatic rings. The molecule has 3 rings (SSSR count). The molecule has 8 nitrogen and oxygen atoms in total. The number of hydrogen-bond donors (Lipinski definition) is 2. The Kier molecular flexibility index (Phi) is 7.67. The molecule has 2 aromatic rings. The molecule has 2 N–H and O–H groups in total. The number of rotatable bonds is 8. The maximum Gasteiger partial charge on any atom is 0.338 e. The van der Waals surface area contributed by atoms with Crippen LogP contribution in [0.5, 0.6) is 0 Å². The number of fused-ring (bicyclic) bond motifs is 1. The second-order valence-corrected chi connectivity index (χ2v) is 7.57. The van der Waals surface area contributed by atoms with Gasteiger partial charge >= 0.3 is 5.97 Å². The Morgan fingerprint density at radius 2 is 1.59 bits per heavy atom. The number of thiocarbonyl (C=S) groups is 1. The summed E-state index contributed by atoms with van der Waals surface area (Å²) in [6, 6.07) is 12.8. The van der Waals surface area contributed by atoms with Gasteiger partial charge in [0.2, 0.25) is 5.91 Å². The second-order valence-electron chi connectivity index (χ2n) is 7.16. The monoisotopic (exact) mass is 453 g/mol. The van der Waals surface area contributed by atoms with Crippen LogP contribution in [-0.4, -0.2) is 46.9 Å². The first-order valence-corrected chi connectivity index (χ1v) is 10.6. The lowest BCUT2D eigenvalue weighted by atomic mass is 10.1. The van der Waals surface area contributed by atoms with Crippen molar-refractivity contribution >= 4 is 46.7 Å². The zero-order valence-corrected chi connectivity index (χ0v) is 18.4. The van der Waals surface area contributed by atoms with Gasteiger partial charge in [0, 0.05) is 5.69 Å². The summed E-state index contributed by atoms with van der Waals surface area (Å²) < 4.78 is 5.21. The number of hydrogen-bond acceptors (Lipinski definition) is 6. The molecule has 0 radical (unpaired) electrons. The largest absolute Gasteiger partial charge is 0.462 e. The quantitative estimate of drug-likeness (QED) is 0.274. The summed E-state index contributed by atoms with van der Waals surface area (Å²) in [6.07, 6.45) is 2.88. The van der Waals surface area contributed by atoms with E-state index < -0.39 is 30.2 Å². The molecule has 3 amide bonds. The minimum Gasteiger partial charge on any atom is -0.462 e. The van der Waals surface area contributed by atoms with Gasteiger partial charge in [-0.3, -0.25) is 19.3 Å². The summed E-state index contributed by atoms with van der Waals surface area (Å²) >= 11 is 5.12. The third-order valence-electron chi connectivity index (χ3n) is 4.79. The average Bonchev–Trinajstić information content (AvgIpc) is 3.02. The molecule has 0 fully saturated rings. The number of ether oxygens (including phenoxy) is 1. The molecule has 32 heavy (non-hydrogen) atoms. The molecule has 9 heteroatoms. The second kappa shape index (κ2) is 10.6. The van der Waals surface area contributed by atoms with Crippen molar-refractivity contribution in [2.45, 2.75) is 26.2 Å². The molecule has 0 saturated heterocycles. The lowest BCUT2D eigenvalue weighted by Gasteiger charge is -2.14. The molecule has 2 aromatic carbocycles. The van der Waals surface area contributed by atoms with E-state index in [1.54, 1.807) is 48.5 Å². The van der Waals surface area contributed by atoms with Crippen LogP contribution in [-0.2, 0) is 9.53 Å². The highest BCUT2D eigenvalue weighted by molar-refractivity contribution is 7.80. The number of carbonyl (C=O) groups is 4. The zero-order valence-electron chi connectivity index (χ0n) is 17.6. The van der Waals surface area contributed by atoms with Crippen LogP contribution in [0.15, 0.2) is 48.5 Å². The van der Waals surface area contributed by atoms with E-state index in [2.05, 4.69) is 17.6 Å². The summed E-state index contributed by atoms with van der Waals surface area (Å²) in [5, 5.41) is 5.27. The number of nitrogens with one attached hydrogen (secondary N) is 2. The first-order valence-electron chi connectivity index (χ1n) is 10.2. The minimum absolute atomic E-state index is 0.00139. The van der Waals surface area contributed by atoms with Gasteiger partial charge in [-0.15, -0.1) is 0 Å². The van der Waals surface area contributed by atoms with E-state index in [1.165, 1.54) is 0 Å². The van der Waals surface area contributed by atoms with Crippen LogP contribution in [0.3, 0.4) is 0 Å². The van der Waals surface area contributed by atoms with Gasteiger partial charge in [0.1, 0.15) is 6.54 Å². The topological polar surface area (TPSA) is 105 Å². The summed E-state index contributed by atoms with van der Waals surface area (Å²) in [7, 11) is 0. The Morgan fingerprint density at radius 3 is 2.19 bits per heavy atom. The molecule has 0 bridgehead atoms. The number of unbranched alkanes of at least 4 members (excludes halogenated alkanes) is 2. The Labute approximate surface area is 190 Å². The maximum absolute atomic E-state index is 12.3. The van der Waals surface area contributed by atoms with Crippen molar-refractivity contribution in [2.75, 3.05) is 18.5 Å². The first kappa shape index (κ1) is 23.1. The first-order chi connectivity index (χ1) is 15.4. The minimum atomic E-state index is -0.607. The van der Waals surface area contributed by atoms with Gasteiger partial charge in [-0.25, -0.2) is 4.79 Å². The van der Waals surface area contributed by atoms with E-state index in [-0.39, 0.29) is 16.2 Å². The average molecular weight is 454 g/mol. The molecule has 0 spiro atoms. The Hall–Kier alpha value is -3.59. The number of imide groups is 1. The van der Waals surface area contributed by atoms with Crippen LogP contribution < -0.4 is 10.6 Å². The fourth-order valence-corrected chi connectivity index (χ4v) is 3.38. The Morgan fingerprint density at radius 1 is 0.969 bits per heavy atom. The molecule has 1 aliphatic heterocycles. The number of carbonyl (C=O) groups excluding carboxylic acids is 4. The highest BCUT2D eigenvalue weighted by Crippen LogP contribution is 2.21. The number of anilines is 1. The van der Waals surface area contributed by atoms with Crippen molar-refractivity contribution < 1.29 is 23.9 Å². The lowest BCUT2D eigenvalue weighted by molar-refractivity contribution is -0.120. The summed E-state index contributed by atoms with van der Waals surface area (Å²) in [5.41, 5.74) is 1.51. The van der Waals surface area contributed by atoms with Gasteiger partial charge in [-0.2, -0.15) is 0 Å². The smallest absolute Gasteiger partial charge is 0.338 e. The van der Waals surface area contributed by atoms with Gasteiger partial charge < -0.3 is 15.4 Å². The van der Waals surface area contributed by atoms with Crippen molar-refractivity contribution in [3.05, 3.63) is 65.2 Å². The van der Waals surface area contributed by atoms with Crippen LogP contribution in [0.25, 0.3) is 0 Å². The van der Waals surface area contributed by atoms with Crippen molar-refractivity contribution in [2.24, 2.45) is 0 Å². The third-order valence-corrected chi connectivity index (χ3v) is 5.00. The van der Waals surface area contributed by atoms with E-state index in [0.29, 0.717) is 17.9 Å². The molecule has 0 atom stereocenters. The van der Waals surface area contributed by atoms with Gasteiger partial charge in [0.05, 0.1) is 23.3 Å². The number of benzene rings is 2. The molecule has 0 aliphatic carbocycles. The predicted octanol–water partition coefficient (Wildman–Crippen LogP) is 3.14. The highest BCUT2D eigenvalue weighted by Gasteiger charge is 2.36. The van der Waals surface area contributed by atoms with Gasteiger partial charge in [0.15, 0.2) is 5.11 Å². The summed E-state index contributed by atoms with van der Waals surface area (Å²) in [4.78, 5) is 49.9. The van der Waals surface area contributed by atoms with Crippen LogP contribution >= 0.6 is 12.2 Å². The van der Waals surface area contributed by atoms with Gasteiger partial charge in [-0.1, -0.05) is 31.9 Å². The summed E-state index contributed by atoms with van der Waals surface area (Å²) in [6.45, 7) is 2.01. The van der Waals surface area contributed by atoms with Crippen LogP contribution in [0.4, 0.5) is 5.69 Å². The number of amides is 3. The van der Waals surface area contributed by atoms with Crippen LogP contribution in [0, 0.1) is 0 Å². The summed E-state index contributed by atoms with van der Waals surface area (Å²) in [5.74, 6) is -2.04. The van der Waals surface area contributed by atoms with E-state index in [1.807, 2.05) is 0 Å². The van der Waals surface area contributed by atoms with Crippen molar-refractivity contribution in [1.82, 2.24) is 10.2 Å². The van der Waals surface area contributed by atoms with Gasteiger partial charge in [-0.05, 0) is 55.0 Å². The van der Waals surface area contributed by atoms with E-state index in [9.17, 15) is 19.2 Å². The molecule has 0 saturated carbocycles. The van der Waals surface area contributed by atoms with E-state index in [4.69, 9.17) is 17.0 Å². The fourth-order valence-electron chi connectivity index (χ4n) is 3.14. The normalized spacial score (nSPS) is 12.3.